The molecule has 16 heavy (non-hydrogen) atoms. The maximum atomic E-state index is 10.9. The lowest BCUT2D eigenvalue weighted by molar-refractivity contribution is -0.113. The van der Waals surface area contributed by atoms with Crippen molar-refractivity contribution >= 4 is 11.6 Å². The highest BCUT2D eigenvalue weighted by molar-refractivity contribution is 6.14. The molecule has 0 bridgehead atoms. The van der Waals surface area contributed by atoms with Crippen LogP contribution in [0.2, 0.25) is 0 Å². The van der Waals surface area contributed by atoms with E-state index in [1.54, 1.807) is 0 Å². The summed E-state index contributed by atoms with van der Waals surface area (Å²) in [6.07, 6.45) is 4.04. The molecule has 0 aromatic heterocycles. The van der Waals surface area contributed by atoms with Gasteiger partial charge in [0.2, 0.25) is 5.91 Å². The van der Waals surface area contributed by atoms with Gasteiger partial charge in [-0.05, 0) is 30.4 Å². The molecule has 1 amide bonds. The number of hydrogen-bond acceptors (Lipinski definition) is 2. The van der Waals surface area contributed by atoms with Crippen LogP contribution in [0, 0.1) is 5.41 Å². The summed E-state index contributed by atoms with van der Waals surface area (Å²) in [4.78, 5) is 10.9. The minimum Gasteiger partial charge on any atom is -0.366 e. The number of hydrogen-bond donors (Lipinski definition) is 2. The first-order valence-electron chi connectivity index (χ1n) is 5.35. The molecule has 0 aliphatic heterocycles. The number of rotatable bonds is 1. The van der Waals surface area contributed by atoms with Crippen LogP contribution in [-0.4, -0.2) is 11.6 Å². The van der Waals surface area contributed by atoms with Crippen LogP contribution in [0.3, 0.4) is 0 Å². The molecule has 0 unspecified atom stereocenters. The quantitative estimate of drug-likeness (QED) is 0.543. The zero-order chi connectivity index (χ0) is 11.5. The minimum absolute atomic E-state index is 0.437. The Hall–Kier alpha value is -1.90. The molecule has 1 aliphatic rings. The lowest BCUT2D eigenvalue weighted by atomic mass is 9.99. The summed E-state index contributed by atoms with van der Waals surface area (Å²) >= 11 is 0. The van der Waals surface area contributed by atoms with E-state index in [4.69, 9.17) is 11.1 Å². The van der Waals surface area contributed by atoms with Gasteiger partial charge in [0.15, 0.2) is 0 Å². The fourth-order valence-electron chi connectivity index (χ4n) is 2.07. The fraction of sp³-hybridized carbons (Fsp3) is 0.231. The average Bonchev–Trinajstić information content (AvgIpc) is 2.40. The fourth-order valence-corrected chi connectivity index (χ4v) is 2.07. The van der Waals surface area contributed by atoms with Crippen molar-refractivity contribution in [3.05, 3.63) is 47.0 Å². The van der Waals surface area contributed by atoms with Crippen molar-refractivity contribution in [2.45, 2.75) is 19.3 Å². The molecule has 1 aromatic rings. The Bertz CT molecular complexity index is 475. The molecular weight excluding hydrogens is 200 g/mol. The summed E-state index contributed by atoms with van der Waals surface area (Å²) in [7, 11) is 0. The molecule has 1 aliphatic carbocycles. The van der Waals surface area contributed by atoms with Crippen molar-refractivity contribution in [3.8, 4) is 0 Å². The lowest BCUT2D eigenvalue weighted by Crippen LogP contribution is -2.11. The van der Waals surface area contributed by atoms with Gasteiger partial charge in [0, 0.05) is 11.6 Å². The predicted octanol–water partition coefficient (Wildman–Crippen LogP) is 1.80. The molecule has 0 heterocycles. The summed E-state index contributed by atoms with van der Waals surface area (Å²) in [5.74, 6) is -0.473. The molecule has 2 rings (SSSR count). The SMILES string of the molecule is N=C1C(=CC(N)=O)CCCc2ccccc21. The number of aryl methyl sites for hydroxylation is 1. The molecule has 3 heteroatoms. The Morgan fingerprint density at radius 2 is 2.06 bits per heavy atom. The van der Waals surface area contributed by atoms with Crippen LogP contribution in [0.25, 0.3) is 0 Å². The summed E-state index contributed by atoms with van der Waals surface area (Å²) in [5.41, 5.74) is 8.43. The number of allylic oxidation sites excluding steroid dienone is 1. The highest BCUT2D eigenvalue weighted by atomic mass is 16.1. The Morgan fingerprint density at radius 3 is 2.81 bits per heavy atom. The van der Waals surface area contributed by atoms with Crippen molar-refractivity contribution in [2.24, 2.45) is 5.73 Å². The summed E-state index contributed by atoms with van der Waals surface area (Å²) < 4.78 is 0. The normalized spacial score (nSPS) is 18.0. The van der Waals surface area contributed by atoms with Gasteiger partial charge in [-0.1, -0.05) is 24.3 Å². The average molecular weight is 214 g/mol. The molecule has 82 valence electrons. The Kier molecular flexibility index (Phi) is 2.86. The first-order chi connectivity index (χ1) is 7.68. The van der Waals surface area contributed by atoms with Gasteiger partial charge in [-0.15, -0.1) is 0 Å². The van der Waals surface area contributed by atoms with Crippen LogP contribution < -0.4 is 5.73 Å². The molecule has 0 saturated carbocycles. The second kappa shape index (κ2) is 4.31. The lowest BCUT2D eigenvalue weighted by Gasteiger charge is -2.06. The third-order valence-electron chi connectivity index (χ3n) is 2.82. The second-order valence-electron chi connectivity index (χ2n) is 3.96. The van der Waals surface area contributed by atoms with Gasteiger partial charge in [-0.3, -0.25) is 10.2 Å². The number of fused-ring (bicyclic) bond motifs is 1. The molecule has 0 fully saturated rings. The van der Waals surface area contributed by atoms with Gasteiger partial charge < -0.3 is 5.73 Å². The van der Waals surface area contributed by atoms with Gasteiger partial charge in [-0.25, -0.2) is 0 Å². The monoisotopic (exact) mass is 214 g/mol. The number of carbonyl (C=O) groups is 1. The summed E-state index contributed by atoms with van der Waals surface area (Å²) in [5, 5.41) is 8.09. The zero-order valence-corrected chi connectivity index (χ0v) is 8.99. The van der Waals surface area contributed by atoms with Crippen LogP contribution in [0.1, 0.15) is 24.0 Å². The molecular formula is C13H14N2O. The molecule has 0 atom stereocenters. The number of benzene rings is 1. The van der Waals surface area contributed by atoms with E-state index in [9.17, 15) is 4.79 Å². The first kappa shape index (κ1) is 10.6. The highest BCUT2D eigenvalue weighted by Gasteiger charge is 2.16. The van der Waals surface area contributed by atoms with E-state index < -0.39 is 5.91 Å². The van der Waals surface area contributed by atoms with E-state index in [0.29, 0.717) is 5.71 Å². The van der Waals surface area contributed by atoms with Crippen molar-refractivity contribution < 1.29 is 4.79 Å². The van der Waals surface area contributed by atoms with Crippen molar-refractivity contribution in [3.63, 3.8) is 0 Å². The van der Waals surface area contributed by atoms with Gasteiger partial charge in [0.1, 0.15) is 0 Å². The third kappa shape index (κ3) is 2.03. The molecule has 3 nitrogen and oxygen atoms in total. The standard InChI is InChI=1S/C13H14N2O/c14-12(16)8-10-6-3-5-9-4-1-2-7-11(9)13(10)15/h1-2,4,7-8,15H,3,5-6H2,(H2,14,16). The van der Waals surface area contributed by atoms with Crippen LogP contribution >= 0.6 is 0 Å². The Balaban J connectivity index is 2.45. The minimum atomic E-state index is -0.473. The van der Waals surface area contributed by atoms with Crippen LogP contribution in [0.15, 0.2) is 35.9 Å². The third-order valence-corrected chi connectivity index (χ3v) is 2.82. The Morgan fingerprint density at radius 1 is 1.31 bits per heavy atom. The van der Waals surface area contributed by atoms with Crippen molar-refractivity contribution in [2.75, 3.05) is 0 Å². The van der Waals surface area contributed by atoms with E-state index in [-0.39, 0.29) is 0 Å². The van der Waals surface area contributed by atoms with Crippen LogP contribution in [0.5, 0.6) is 0 Å². The van der Waals surface area contributed by atoms with Gasteiger partial charge in [0.25, 0.3) is 0 Å². The maximum Gasteiger partial charge on any atom is 0.241 e. The van der Waals surface area contributed by atoms with E-state index >= 15 is 0 Å². The van der Waals surface area contributed by atoms with E-state index in [0.717, 1.165) is 30.4 Å². The van der Waals surface area contributed by atoms with E-state index in [1.165, 1.54) is 11.6 Å². The van der Waals surface area contributed by atoms with Crippen LogP contribution in [-0.2, 0) is 11.2 Å². The molecule has 0 radical (unpaired) electrons. The largest absolute Gasteiger partial charge is 0.366 e. The number of nitrogens with two attached hydrogens (primary N) is 1. The molecule has 0 spiro atoms. The highest BCUT2D eigenvalue weighted by Crippen LogP contribution is 2.23. The molecule has 1 aromatic carbocycles. The van der Waals surface area contributed by atoms with E-state index in [1.807, 2.05) is 24.3 Å². The topological polar surface area (TPSA) is 66.9 Å². The second-order valence-corrected chi connectivity index (χ2v) is 3.96. The Labute approximate surface area is 94.5 Å². The smallest absolute Gasteiger partial charge is 0.241 e. The number of primary amides is 1. The van der Waals surface area contributed by atoms with E-state index in [2.05, 4.69) is 0 Å². The molecule has 0 saturated heterocycles. The summed E-state index contributed by atoms with van der Waals surface area (Å²) in [6, 6.07) is 7.87. The number of nitrogens with one attached hydrogen (secondary N) is 1. The van der Waals surface area contributed by atoms with Gasteiger partial charge in [-0.2, -0.15) is 0 Å². The van der Waals surface area contributed by atoms with Crippen molar-refractivity contribution in [1.29, 1.82) is 5.41 Å². The zero-order valence-electron chi connectivity index (χ0n) is 8.99. The van der Waals surface area contributed by atoms with Crippen molar-refractivity contribution in [1.82, 2.24) is 0 Å². The van der Waals surface area contributed by atoms with Gasteiger partial charge in [0.05, 0.1) is 5.71 Å². The predicted molar refractivity (Wildman–Crippen MR) is 63.5 cm³/mol. The number of carbonyl (C=O) groups excluding carboxylic acids is 1. The first-order valence-corrected chi connectivity index (χ1v) is 5.35. The van der Waals surface area contributed by atoms with Gasteiger partial charge >= 0.3 is 0 Å². The molecule has 3 N–H and O–H groups in total. The maximum absolute atomic E-state index is 10.9. The summed E-state index contributed by atoms with van der Waals surface area (Å²) in [6.45, 7) is 0. The number of amides is 1. The van der Waals surface area contributed by atoms with Crippen LogP contribution in [0.4, 0.5) is 0 Å².